The quantitative estimate of drug-likeness (QED) is 0.303. The van der Waals surface area contributed by atoms with Crippen LogP contribution in [0, 0.1) is 29.2 Å². The molecule has 7 heteroatoms. The van der Waals surface area contributed by atoms with E-state index in [0.29, 0.717) is 30.8 Å². The number of hydrogen-bond acceptors (Lipinski definition) is 3. The van der Waals surface area contributed by atoms with Crippen molar-refractivity contribution in [2.75, 3.05) is 19.8 Å². The monoisotopic (exact) mass is 488 g/mol. The van der Waals surface area contributed by atoms with E-state index in [1.54, 1.807) is 0 Å². The summed E-state index contributed by atoms with van der Waals surface area (Å²) in [6.07, 6.45) is 1.67. The average Bonchev–Trinajstić information content (AvgIpc) is 2.88. The predicted molar refractivity (Wildman–Crippen MR) is 126 cm³/mol. The Labute approximate surface area is 202 Å². The molecule has 0 saturated carbocycles. The molecule has 0 radical (unpaired) electrons. The lowest BCUT2D eigenvalue weighted by atomic mass is 9.98. The molecule has 1 aliphatic rings. The number of halogens is 4. The van der Waals surface area contributed by atoms with Crippen molar-refractivity contribution >= 4 is 0 Å². The number of ether oxygens (including phenoxy) is 3. The first kappa shape index (κ1) is 25.2. The van der Waals surface area contributed by atoms with E-state index < -0.39 is 29.6 Å². The highest BCUT2D eigenvalue weighted by atomic mass is 19.2. The van der Waals surface area contributed by atoms with Crippen molar-refractivity contribution in [2.45, 2.75) is 39.4 Å². The summed E-state index contributed by atoms with van der Waals surface area (Å²) in [5.41, 5.74) is 0.908. The first-order valence-corrected chi connectivity index (χ1v) is 11.9. The van der Waals surface area contributed by atoms with Gasteiger partial charge in [-0.15, -0.1) is 0 Å². The molecule has 0 N–H and O–H groups in total. The highest BCUT2D eigenvalue weighted by molar-refractivity contribution is 5.71. The zero-order chi connectivity index (χ0) is 24.9. The lowest BCUT2D eigenvalue weighted by Crippen LogP contribution is -2.27. The fourth-order valence-corrected chi connectivity index (χ4v) is 4.17. The van der Waals surface area contributed by atoms with Crippen LogP contribution in [0.5, 0.6) is 5.75 Å². The molecule has 1 heterocycles. The Morgan fingerprint density at radius 1 is 0.714 bits per heavy atom. The Bertz CT molecular complexity index is 1160. The number of rotatable bonds is 8. The van der Waals surface area contributed by atoms with Gasteiger partial charge in [0.2, 0.25) is 5.82 Å². The van der Waals surface area contributed by atoms with Gasteiger partial charge in [0.1, 0.15) is 0 Å². The third-order valence-corrected chi connectivity index (χ3v) is 6.05. The van der Waals surface area contributed by atoms with Crippen molar-refractivity contribution in [3.8, 4) is 28.0 Å². The normalized spacial score (nSPS) is 18.0. The first-order chi connectivity index (χ1) is 16.9. The SMILES string of the molecule is CCCOc1ccc(-c2ccc(-c3ccc(C4OCC(CCC)CO4)c(F)c3F)cc2)c(F)c1F. The van der Waals surface area contributed by atoms with Gasteiger partial charge in [-0.05, 0) is 36.1 Å². The Morgan fingerprint density at radius 2 is 1.29 bits per heavy atom. The van der Waals surface area contributed by atoms with Crippen molar-refractivity contribution in [3.05, 3.63) is 77.4 Å². The van der Waals surface area contributed by atoms with Crippen molar-refractivity contribution in [1.82, 2.24) is 0 Å². The van der Waals surface area contributed by atoms with Crippen molar-refractivity contribution < 1.29 is 31.8 Å². The van der Waals surface area contributed by atoms with E-state index in [2.05, 4.69) is 6.92 Å². The molecule has 0 atom stereocenters. The minimum absolute atomic E-state index is 0.0146. The molecule has 0 unspecified atom stereocenters. The van der Waals surface area contributed by atoms with E-state index in [9.17, 15) is 17.6 Å². The van der Waals surface area contributed by atoms with Crippen LogP contribution in [0.25, 0.3) is 22.3 Å². The van der Waals surface area contributed by atoms with Crippen LogP contribution in [-0.4, -0.2) is 19.8 Å². The molecule has 0 aliphatic carbocycles. The second kappa shape index (κ2) is 11.2. The van der Waals surface area contributed by atoms with E-state index in [-0.39, 0.29) is 35.0 Å². The van der Waals surface area contributed by atoms with E-state index >= 15 is 0 Å². The third kappa shape index (κ3) is 5.36. The molecular formula is C28H28F4O3. The highest BCUT2D eigenvalue weighted by Gasteiger charge is 2.27. The molecule has 0 bridgehead atoms. The maximum absolute atomic E-state index is 15.0. The van der Waals surface area contributed by atoms with Gasteiger partial charge in [0, 0.05) is 22.6 Å². The standard InChI is InChI=1S/C28H28F4O3/c1-3-5-17-15-34-28(35-16-17)22-11-10-20(24(29)26(22)31)18-6-8-19(9-7-18)21-12-13-23(33-14-4-2)27(32)25(21)30/h6-13,17,28H,3-5,14-16H2,1-2H3. The van der Waals surface area contributed by atoms with E-state index in [0.717, 1.165) is 12.8 Å². The lowest BCUT2D eigenvalue weighted by Gasteiger charge is -2.29. The molecule has 1 aliphatic heterocycles. The molecule has 0 aromatic heterocycles. The number of hydrogen-bond donors (Lipinski definition) is 0. The Morgan fingerprint density at radius 3 is 1.86 bits per heavy atom. The maximum Gasteiger partial charge on any atom is 0.201 e. The minimum Gasteiger partial charge on any atom is -0.490 e. The molecule has 1 saturated heterocycles. The highest BCUT2D eigenvalue weighted by Crippen LogP contribution is 2.35. The summed E-state index contributed by atoms with van der Waals surface area (Å²) in [5.74, 6) is -4.03. The van der Waals surface area contributed by atoms with Gasteiger partial charge in [0.05, 0.1) is 19.8 Å². The second-order valence-electron chi connectivity index (χ2n) is 8.65. The largest absolute Gasteiger partial charge is 0.490 e. The summed E-state index contributed by atoms with van der Waals surface area (Å²) in [5, 5.41) is 0. The van der Waals surface area contributed by atoms with Gasteiger partial charge in [-0.25, -0.2) is 13.2 Å². The lowest BCUT2D eigenvalue weighted by molar-refractivity contribution is -0.207. The van der Waals surface area contributed by atoms with Crippen LogP contribution in [0.3, 0.4) is 0 Å². The second-order valence-corrected chi connectivity index (χ2v) is 8.65. The van der Waals surface area contributed by atoms with Crippen LogP contribution in [0.1, 0.15) is 45.0 Å². The summed E-state index contributed by atoms with van der Waals surface area (Å²) < 4.78 is 75.3. The smallest absolute Gasteiger partial charge is 0.201 e. The summed E-state index contributed by atoms with van der Waals surface area (Å²) in [4.78, 5) is 0. The van der Waals surface area contributed by atoms with Gasteiger partial charge in [-0.2, -0.15) is 4.39 Å². The van der Waals surface area contributed by atoms with E-state index in [4.69, 9.17) is 14.2 Å². The van der Waals surface area contributed by atoms with Gasteiger partial charge in [-0.1, -0.05) is 56.7 Å². The van der Waals surface area contributed by atoms with Crippen LogP contribution in [0.15, 0.2) is 48.5 Å². The summed E-state index contributed by atoms with van der Waals surface area (Å²) >= 11 is 0. The summed E-state index contributed by atoms with van der Waals surface area (Å²) in [7, 11) is 0. The zero-order valence-electron chi connectivity index (χ0n) is 19.8. The Kier molecular flexibility index (Phi) is 8.08. The van der Waals surface area contributed by atoms with Gasteiger partial charge < -0.3 is 14.2 Å². The number of benzene rings is 3. The summed E-state index contributed by atoms with van der Waals surface area (Å²) in [6.45, 7) is 5.09. The van der Waals surface area contributed by atoms with Gasteiger partial charge in [-0.3, -0.25) is 0 Å². The molecule has 3 aromatic carbocycles. The van der Waals surface area contributed by atoms with Gasteiger partial charge in [0.15, 0.2) is 29.5 Å². The van der Waals surface area contributed by atoms with Crippen LogP contribution < -0.4 is 4.74 Å². The molecule has 1 fully saturated rings. The molecule has 0 amide bonds. The maximum atomic E-state index is 15.0. The summed E-state index contributed by atoms with van der Waals surface area (Å²) in [6, 6.07) is 11.9. The van der Waals surface area contributed by atoms with Gasteiger partial charge >= 0.3 is 0 Å². The molecular weight excluding hydrogens is 460 g/mol. The molecule has 35 heavy (non-hydrogen) atoms. The zero-order valence-corrected chi connectivity index (χ0v) is 19.8. The average molecular weight is 489 g/mol. The molecule has 3 aromatic rings. The van der Waals surface area contributed by atoms with Crippen LogP contribution in [-0.2, 0) is 9.47 Å². The fraction of sp³-hybridized carbons (Fsp3) is 0.357. The van der Waals surface area contributed by atoms with Crippen molar-refractivity contribution in [3.63, 3.8) is 0 Å². The van der Waals surface area contributed by atoms with Crippen LogP contribution in [0.4, 0.5) is 17.6 Å². The van der Waals surface area contributed by atoms with Gasteiger partial charge in [0.25, 0.3) is 0 Å². The van der Waals surface area contributed by atoms with Crippen LogP contribution >= 0.6 is 0 Å². The Balaban J connectivity index is 1.54. The van der Waals surface area contributed by atoms with Crippen molar-refractivity contribution in [2.24, 2.45) is 5.92 Å². The third-order valence-electron chi connectivity index (χ3n) is 6.05. The van der Waals surface area contributed by atoms with Crippen molar-refractivity contribution in [1.29, 1.82) is 0 Å². The first-order valence-electron chi connectivity index (χ1n) is 11.9. The molecule has 3 nitrogen and oxygen atoms in total. The fourth-order valence-electron chi connectivity index (χ4n) is 4.17. The molecule has 4 rings (SSSR count). The molecule has 0 spiro atoms. The Hall–Kier alpha value is -2.90. The van der Waals surface area contributed by atoms with E-state index in [1.807, 2.05) is 6.92 Å². The van der Waals surface area contributed by atoms with Crippen LogP contribution in [0.2, 0.25) is 0 Å². The topological polar surface area (TPSA) is 27.7 Å². The van der Waals surface area contributed by atoms with E-state index in [1.165, 1.54) is 48.5 Å². The minimum atomic E-state index is -1.06. The predicted octanol–water partition coefficient (Wildman–Crippen LogP) is 7.83. The molecule has 186 valence electrons.